The monoisotopic (exact) mass is 319 g/mol. The molecule has 0 unspecified atom stereocenters. The van der Waals surface area contributed by atoms with Crippen molar-refractivity contribution in [2.75, 3.05) is 20.8 Å². The Bertz CT molecular complexity index is 511. The summed E-state index contributed by atoms with van der Waals surface area (Å²) in [5.74, 6) is 2.49. The van der Waals surface area contributed by atoms with Crippen LogP contribution < -0.4 is 20.1 Å². The number of ether oxygens (including phenoxy) is 2. The van der Waals surface area contributed by atoms with Crippen molar-refractivity contribution in [3.05, 3.63) is 23.8 Å². The lowest BCUT2D eigenvalue weighted by Gasteiger charge is -2.25. The van der Waals surface area contributed by atoms with Crippen LogP contribution in [0.2, 0.25) is 0 Å². The van der Waals surface area contributed by atoms with Gasteiger partial charge < -0.3 is 20.1 Å². The van der Waals surface area contributed by atoms with Gasteiger partial charge in [-0.15, -0.1) is 0 Å². The maximum Gasteiger partial charge on any atom is 0.191 e. The van der Waals surface area contributed by atoms with Gasteiger partial charge >= 0.3 is 0 Å². The van der Waals surface area contributed by atoms with E-state index < -0.39 is 0 Å². The predicted octanol–water partition coefficient (Wildman–Crippen LogP) is 3.09. The standard InChI is InChI=1S/C18H29N3O2/c1-4-19-18(21-15-8-6-5-7-9-15)20-13-14-10-11-16(22-2)12-17(14)23-3/h10-12,15H,4-9,13H2,1-3H3,(H2,19,20,21). The Morgan fingerprint density at radius 2 is 1.96 bits per heavy atom. The molecule has 5 heteroatoms. The first-order valence-corrected chi connectivity index (χ1v) is 8.52. The van der Waals surface area contributed by atoms with Crippen molar-refractivity contribution in [1.29, 1.82) is 0 Å². The second-order valence-corrected chi connectivity index (χ2v) is 5.85. The van der Waals surface area contributed by atoms with E-state index in [1.54, 1.807) is 14.2 Å². The normalized spacial score (nSPS) is 16.0. The first-order chi connectivity index (χ1) is 11.3. The summed E-state index contributed by atoms with van der Waals surface area (Å²) in [7, 11) is 3.33. The summed E-state index contributed by atoms with van der Waals surface area (Å²) in [5, 5.41) is 6.89. The molecule has 0 heterocycles. The summed E-state index contributed by atoms with van der Waals surface area (Å²) in [6, 6.07) is 6.38. The van der Waals surface area contributed by atoms with Crippen LogP contribution in [-0.2, 0) is 6.54 Å². The van der Waals surface area contributed by atoms with Gasteiger partial charge in [-0.1, -0.05) is 19.3 Å². The van der Waals surface area contributed by atoms with E-state index in [1.165, 1.54) is 32.1 Å². The van der Waals surface area contributed by atoms with Crippen LogP contribution in [0.1, 0.15) is 44.6 Å². The van der Waals surface area contributed by atoms with E-state index in [0.717, 1.165) is 29.6 Å². The van der Waals surface area contributed by atoms with Crippen molar-refractivity contribution in [3.8, 4) is 11.5 Å². The van der Waals surface area contributed by atoms with Crippen molar-refractivity contribution in [3.63, 3.8) is 0 Å². The number of guanidine groups is 1. The van der Waals surface area contributed by atoms with Gasteiger partial charge in [0.05, 0.1) is 20.8 Å². The van der Waals surface area contributed by atoms with E-state index in [4.69, 9.17) is 14.5 Å². The zero-order chi connectivity index (χ0) is 16.5. The smallest absolute Gasteiger partial charge is 0.191 e. The van der Waals surface area contributed by atoms with Crippen LogP contribution in [-0.4, -0.2) is 32.8 Å². The Kier molecular flexibility index (Phi) is 7.04. The van der Waals surface area contributed by atoms with Crippen LogP contribution >= 0.6 is 0 Å². The number of nitrogens with zero attached hydrogens (tertiary/aromatic N) is 1. The zero-order valence-electron chi connectivity index (χ0n) is 14.5. The van der Waals surface area contributed by atoms with Crippen molar-refractivity contribution in [2.45, 2.75) is 51.6 Å². The fourth-order valence-corrected chi connectivity index (χ4v) is 2.91. The number of benzene rings is 1. The largest absolute Gasteiger partial charge is 0.497 e. The van der Waals surface area contributed by atoms with Gasteiger partial charge in [-0.05, 0) is 31.9 Å². The molecule has 1 aliphatic rings. The summed E-state index contributed by atoms with van der Waals surface area (Å²) < 4.78 is 10.7. The lowest BCUT2D eigenvalue weighted by molar-refractivity contribution is 0.391. The van der Waals surface area contributed by atoms with Crippen LogP contribution in [0.3, 0.4) is 0 Å². The molecule has 1 fully saturated rings. The third-order valence-electron chi connectivity index (χ3n) is 4.19. The molecule has 0 aliphatic heterocycles. The summed E-state index contributed by atoms with van der Waals surface area (Å²) >= 11 is 0. The van der Waals surface area contributed by atoms with E-state index in [2.05, 4.69) is 17.6 Å². The molecule has 5 nitrogen and oxygen atoms in total. The van der Waals surface area contributed by atoms with Gasteiger partial charge in [-0.2, -0.15) is 0 Å². The molecule has 0 spiro atoms. The third-order valence-corrected chi connectivity index (χ3v) is 4.19. The fourth-order valence-electron chi connectivity index (χ4n) is 2.91. The maximum atomic E-state index is 5.44. The molecule has 0 radical (unpaired) electrons. The van der Waals surface area contributed by atoms with Crippen molar-refractivity contribution < 1.29 is 9.47 Å². The zero-order valence-corrected chi connectivity index (χ0v) is 14.5. The van der Waals surface area contributed by atoms with Gasteiger partial charge in [0.25, 0.3) is 0 Å². The Hall–Kier alpha value is -1.91. The molecule has 0 amide bonds. The highest BCUT2D eigenvalue weighted by molar-refractivity contribution is 5.80. The topological polar surface area (TPSA) is 54.9 Å². The van der Waals surface area contributed by atoms with E-state index in [1.807, 2.05) is 18.2 Å². The lowest BCUT2D eigenvalue weighted by Crippen LogP contribution is -2.44. The second-order valence-electron chi connectivity index (χ2n) is 5.85. The Morgan fingerprint density at radius 1 is 1.17 bits per heavy atom. The minimum Gasteiger partial charge on any atom is -0.497 e. The average Bonchev–Trinajstić information content (AvgIpc) is 2.60. The molecule has 2 rings (SSSR count). The van der Waals surface area contributed by atoms with Gasteiger partial charge in [0.1, 0.15) is 11.5 Å². The quantitative estimate of drug-likeness (QED) is 0.625. The molecular weight excluding hydrogens is 290 g/mol. The van der Waals surface area contributed by atoms with Crippen molar-refractivity contribution in [1.82, 2.24) is 10.6 Å². The SMILES string of the molecule is CCNC(=NCc1ccc(OC)cc1OC)NC1CCCCC1. The Balaban J connectivity index is 2.04. The van der Waals surface area contributed by atoms with Gasteiger partial charge in [0.2, 0.25) is 0 Å². The third kappa shape index (κ3) is 5.34. The van der Waals surface area contributed by atoms with Crippen LogP contribution in [0.4, 0.5) is 0 Å². The Labute approximate surface area is 139 Å². The summed E-state index contributed by atoms with van der Waals surface area (Å²) in [4.78, 5) is 4.72. The number of aliphatic imine (C=N–C) groups is 1. The minimum absolute atomic E-state index is 0.541. The number of hydrogen-bond acceptors (Lipinski definition) is 3. The summed E-state index contributed by atoms with van der Waals surface area (Å²) in [5.41, 5.74) is 1.05. The van der Waals surface area contributed by atoms with Gasteiger partial charge in [-0.3, -0.25) is 0 Å². The van der Waals surface area contributed by atoms with Gasteiger partial charge in [0, 0.05) is 24.2 Å². The molecular formula is C18H29N3O2. The molecule has 128 valence electrons. The number of rotatable bonds is 6. The highest BCUT2D eigenvalue weighted by Gasteiger charge is 2.14. The van der Waals surface area contributed by atoms with Crippen LogP contribution in [0, 0.1) is 0 Å². The molecule has 1 aliphatic carbocycles. The number of nitrogens with one attached hydrogen (secondary N) is 2. The molecule has 1 aromatic carbocycles. The number of methoxy groups -OCH3 is 2. The molecule has 0 bridgehead atoms. The number of hydrogen-bond donors (Lipinski definition) is 2. The van der Waals surface area contributed by atoms with Crippen molar-refractivity contribution in [2.24, 2.45) is 4.99 Å². The highest BCUT2D eigenvalue weighted by Crippen LogP contribution is 2.25. The highest BCUT2D eigenvalue weighted by atomic mass is 16.5. The second kappa shape index (κ2) is 9.28. The lowest BCUT2D eigenvalue weighted by atomic mass is 9.96. The first-order valence-electron chi connectivity index (χ1n) is 8.52. The van der Waals surface area contributed by atoms with Gasteiger partial charge in [-0.25, -0.2) is 4.99 Å². The maximum absolute atomic E-state index is 5.44. The van der Waals surface area contributed by atoms with E-state index in [0.29, 0.717) is 12.6 Å². The Morgan fingerprint density at radius 3 is 2.61 bits per heavy atom. The molecule has 2 N–H and O–H groups in total. The van der Waals surface area contributed by atoms with E-state index in [9.17, 15) is 0 Å². The molecule has 0 atom stereocenters. The van der Waals surface area contributed by atoms with Crippen molar-refractivity contribution >= 4 is 5.96 Å². The molecule has 1 saturated carbocycles. The van der Waals surface area contributed by atoms with Gasteiger partial charge in [0.15, 0.2) is 5.96 Å². The average molecular weight is 319 g/mol. The first kappa shape index (κ1) is 17.4. The molecule has 23 heavy (non-hydrogen) atoms. The van der Waals surface area contributed by atoms with Crippen LogP contribution in [0.5, 0.6) is 11.5 Å². The van der Waals surface area contributed by atoms with Crippen LogP contribution in [0.25, 0.3) is 0 Å². The fraction of sp³-hybridized carbons (Fsp3) is 0.611. The van der Waals surface area contributed by atoms with E-state index >= 15 is 0 Å². The summed E-state index contributed by atoms with van der Waals surface area (Å²) in [6.07, 6.45) is 6.44. The molecule has 1 aromatic rings. The summed E-state index contributed by atoms with van der Waals surface area (Å²) in [6.45, 7) is 3.53. The van der Waals surface area contributed by atoms with E-state index in [-0.39, 0.29) is 0 Å². The minimum atomic E-state index is 0.541. The van der Waals surface area contributed by atoms with Crippen LogP contribution in [0.15, 0.2) is 23.2 Å². The molecule has 0 aromatic heterocycles. The predicted molar refractivity (Wildman–Crippen MR) is 94.4 cm³/mol. The molecule has 0 saturated heterocycles.